The number of hydrogen-bond acceptors (Lipinski definition) is 4. The van der Waals surface area contributed by atoms with Crippen LogP contribution in [0.2, 0.25) is 0 Å². The van der Waals surface area contributed by atoms with Crippen LogP contribution in [0.4, 0.5) is 5.69 Å². The molecule has 25 heavy (non-hydrogen) atoms. The number of rotatable bonds is 9. The zero-order valence-electron chi connectivity index (χ0n) is 16.7. The number of phenolic OH excluding ortho intramolecular Hbond substituents is 1. The number of anilines is 1. The van der Waals surface area contributed by atoms with Crippen molar-refractivity contribution < 1.29 is 5.11 Å². The van der Waals surface area contributed by atoms with E-state index in [2.05, 4.69) is 50.9 Å². The summed E-state index contributed by atoms with van der Waals surface area (Å²) in [6, 6.07) is 5.89. The van der Waals surface area contributed by atoms with E-state index in [1.807, 2.05) is 12.1 Å². The lowest BCUT2D eigenvalue weighted by Crippen LogP contribution is -2.40. The standard InChI is InChI=1S/C21H37N3O/c1-15(2)12-24(13-16(3)4)10-9-21(11-17(5)22)14-23-18-7-6-8-19(25)20(18)21/h6-8,15-17,23,25H,9-14,22H2,1-5H3. The third-order valence-corrected chi connectivity index (χ3v) is 5.06. The maximum absolute atomic E-state index is 10.5. The molecule has 2 atom stereocenters. The van der Waals surface area contributed by atoms with E-state index >= 15 is 0 Å². The summed E-state index contributed by atoms with van der Waals surface area (Å²) >= 11 is 0. The van der Waals surface area contributed by atoms with Crippen molar-refractivity contribution >= 4 is 5.69 Å². The Kier molecular flexibility index (Phi) is 6.75. The number of aromatic hydroxyl groups is 1. The van der Waals surface area contributed by atoms with E-state index in [-0.39, 0.29) is 11.5 Å². The third kappa shape index (κ3) is 5.11. The van der Waals surface area contributed by atoms with Crippen LogP contribution in [0.15, 0.2) is 18.2 Å². The lowest BCUT2D eigenvalue weighted by atomic mass is 9.74. The van der Waals surface area contributed by atoms with Gasteiger partial charge in [0.05, 0.1) is 0 Å². The second kappa shape index (κ2) is 8.41. The van der Waals surface area contributed by atoms with Crippen molar-refractivity contribution in [2.75, 3.05) is 31.5 Å². The van der Waals surface area contributed by atoms with Gasteiger partial charge in [-0.15, -0.1) is 0 Å². The van der Waals surface area contributed by atoms with Gasteiger partial charge in [-0.3, -0.25) is 0 Å². The Morgan fingerprint density at radius 2 is 1.80 bits per heavy atom. The zero-order valence-corrected chi connectivity index (χ0v) is 16.7. The number of benzene rings is 1. The molecule has 1 aromatic rings. The van der Waals surface area contributed by atoms with E-state index in [1.54, 1.807) is 0 Å². The SMILES string of the molecule is CC(C)CN(CCC1(CC(C)N)CNc2cccc(O)c21)CC(C)C. The number of nitrogens with two attached hydrogens (primary N) is 1. The molecule has 0 radical (unpaired) electrons. The summed E-state index contributed by atoms with van der Waals surface area (Å²) in [7, 11) is 0. The summed E-state index contributed by atoms with van der Waals surface area (Å²) in [5, 5.41) is 14.0. The highest BCUT2D eigenvalue weighted by atomic mass is 16.3. The first-order valence-electron chi connectivity index (χ1n) is 9.78. The van der Waals surface area contributed by atoms with Gasteiger partial charge in [0, 0.05) is 42.3 Å². The predicted molar refractivity (Wildman–Crippen MR) is 107 cm³/mol. The van der Waals surface area contributed by atoms with Crippen LogP contribution in [0, 0.1) is 11.8 Å². The molecule has 0 amide bonds. The van der Waals surface area contributed by atoms with E-state index in [9.17, 15) is 5.11 Å². The summed E-state index contributed by atoms with van der Waals surface area (Å²) < 4.78 is 0. The molecule has 0 bridgehead atoms. The highest BCUT2D eigenvalue weighted by molar-refractivity contribution is 5.65. The molecule has 1 aromatic carbocycles. The molecule has 0 aromatic heterocycles. The van der Waals surface area contributed by atoms with Crippen LogP contribution in [-0.4, -0.2) is 42.2 Å². The molecule has 1 aliphatic rings. The van der Waals surface area contributed by atoms with Gasteiger partial charge in [0.15, 0.2) is 0 Å². The lowest BCUT2D eigenvalue weighted by molar-refractivity contribution is 0.193. The predicted octanol–water partition coefficient (Wildman–Crippen LogP) is 3.80. The summed E-state index contributed by atoms with van der Waals surface area (Å²) in [4.78, 5) is 2.58. The van der Waals surface area contributed by atoms with Crippen molar-refractivity contribution in [3.63, 3.8) is 0 Å². The molecule has 4 N–H and O–H groups in total. The lowest BCUT2D eigenvalue weighted by Gasteiger charge is -2.35. The Balaban J connectivity index is 2.22. The average molecular weight is 348 g/mol. The summed E-state index contributed by atoms with van der Waals surface area (Å²) in [6.45, 7) is 15.3. The topological polar surface area (TPSA) is 61.5 Å². The van der Waals surface area contributed by atoms with Gasteiger partial charge in [0.1, 0.15) is 5.75 Å². The van der Waals surface area contributed by atoms with E-state index in [0.29, 0.717) is 17.6 Å². The van der Waals surface area contributed by atoms with E-state index in [1.165, 1.54) is 0 Å². The van der Waals surface area contributed by atoms with Gasteiger partial charge in [-0.2, -0.15) is 0 Å². The quantitative estimate of drug-likeness (QED) is 0.636. The Morgan fingerprint density at radius 1 is 1.16 bits per heavy atom. The van der Waals surface area contributed by atoms with Crippen LogP contribution < -0.4 is 11.1 Å². The molecular weight excluding hydrogens is 310 g/mol. The summed E-state index contributed by atoms with van der Waals surface area (Å²) in [5.41, 5.74) is 8.27. The molecular formula is C21H37N3O. The van der Waals surface area contributed by atoms with Crippen LogP contribution in [0.25, 0.3) is 0 Å². The van der Waals surface area contributed by atoms with Gasteiger partial charge in [0.2, 0.25) is 0 Å². The van der Waals surface area contributed by atoms with E-state index < -0.39 is 0 Å². The Labute approximate surface area is 153 Å². The minimum Gasteiger partial charge on any atom is -0.508 e. The molecule has 2 rings (SSSR count). The fraction of sp³-hybridized carbons (Fsp3) is 0.714. The van der Waals surface area contributed by atoms with Gasteiger partial charge in [-0.25, -0.2) is 0 Å². The molecule has 2 unspecified atom stereocenters. The summed E-state index contributed by atoms with van der Waals surface area (Å²) in [6.07, 6.45) is 1.91. The smallest absolute Gasteiger partial charge is 0.121 e. The molecule has 4 nitrogen and oxygen atoms in total. The van der Waals surface area contributed by atoms with Crippen molar-refractivity contribution in [3.8, 4) is 5.75 Å². The van der Waals surface area contributed by atoms with Gasteiger partial charge in [-0.05, 0) is 50.3 Å². The average Bonchev–Trinajstić information content (AvgIpc) is 2.83. The maximum atomic E-state index is 10.5. The largest absolute Gasteiger partial charge is 0.508 e. The molecule has 0 aliphatic carbocycles. The Hall–Kier alpha value is -1.26. The molecule has 1 heterocycles. The minimum atomic E-state index is -0.0823. The molecule has 0 saturated heterocycles. The first kappa shape index (κ1) is 20.1. The number of phenols is 1. The third-order valence-electron chi connectivity index (χ3n) is 5.06. The highest BCUT2D eigenvalue weighted by Crippen LogP contribution is 2.47. The molecule has 0 fully saturated rings. The van der Waals surface area contributed by atoms with Gasteiger partial charge in [0.25, 0.3) is 0 Å². The monoisotopic (exact) mass is 347 g/mol. The minimum absolute atomic E-state index is 0.0823. The van der Waals surface area contributed by atoms with Crippen LogP contribution in [0.3, 0.4) is 0 Å². The number of hydrogen-bond donors (Lipinski definition) is 3. The number of fused-ring (bicyclic) bond motifs is 1. The second-order valence-corrected chi connectivity index (χ2v) is 8.81. The maximum Gasteiger partial charge on any atom is 0.121 e. The van der Waals surface area contributed by atoms with Gasteiger partial charge < -0.3 is 21.1 Å². The molecule has 142 valence electrons. The van der Waals surface area contributed by atoms with Crippen molar-refractivity contribution in [1.82, 2.24) is 4.90 Å². The van der Waals surface area contributed by atoms with Crippen molar-refractivity contribution in [3.05, 3.63) is 23.8 Å². The number of nitrogens with zero attached hydrogens (tertiary/aromatic N) is 1. The van der Waals surface area contributed by atoms with Gasteiger partial charge in [-0.1, -0.05) is 33.8 Å². The van der Waals surface area contributed by atoms with E-state index in [0.717, 1.165) is 50.3 Å². The van der Waals surface area contributed by atoms with Crippen molar-refractivity contribution in [1.29, 1.82) is 0 Å². The van der Waals surface area contributed by atoms with E-state index in [4.69, 9.17) is 5.73 Å². The molecule has 0 spiro atoms. The Morgan fingerprint density at radius 3 is 2.36 bits per heavy atom. The van der Waals surface area contributed by atoms with Crippen molar-refractivity contribution in [2.45, 2.75) is 58.9 Å². The van der Waals surface area contributed by atoms with Gasteiger partial charge >= 0.3 is 0 Å². The molecule has 0 saturated carbocycles. The normalized spacial score (nSPS) is 21.0. The zero-order chi connectivity index (χ0) is 18.6. The van der Waals surface area contributed by atoms with Crippen LogP contribution in [-0.2, 0) is 5.41 Å². The second-order valence-electron chi connectivity index (χ2n) is 8.81. The first-order valence-corrected chi connectivity index (χ1v) is 9.78. The summed E-state index contributed by atoms with van der Waals surface area (Å²) in [5.74, 6) is 1.72. The van der Waals surface area contributed by atoms with Crippen LogP contribution >= 0.6 is 0 Å². The fourth-order valence-electron chi connectivity index (χ4n) is 4.37. The molecule has 4 heteroatoms. The fourth-order valence-corrected chi connectivity index (χ4v) is 4.37. The van der Waals surface area contributed by atoms with Crippen molar-refractivity contribution in [2.24, 2.45) is 17.6 Å². The molecule has 1 aliphatic heterocycles. The Bertz CT molecular complexity index is 546. The van der Waals surface area contributed by atoms with Crippen LogP contribution in [0.1, 0.15) is 53.0 Å². The first-order chi connectivity index (χ1) is 11.7. The number of nitrogens with one attached hydrogen (secondary N) is 1. The highest BCUT2D eigenvalue weighted by Gasteiger charge is 2.41. The van der Waals surface area contributed by atoms with Crippen LogP contribution in [0.5, 0.6) is 5.75 Å².